The molecule has 0 unspecified atom stereocenters. The van der Waals surface area contributed by atoms with Gasteiger partial charge in [0.05, 0.1) is 5.69 Å². The molecule has 0 saturated heterocycles. The Labute approximate surface area is 120 Å². The highest BCUT2D eigenvalue weighted by Crippen LogP contribution is 2.21. The van der Waals surface area contributed by atoms with Gasteiger partial charge in [0.2, 0.25) is 0 Å². The molecule has 0 radical (unpaired) electrons. The first-order valence-electron chi connectivity index (χ1n) is 6.70. The summed E-state index contributed by atoms with van der Waals surface area (Å²) < 4.78 is 0. The molecular formula is C18H20N2. The highest BCUT2D eigenvalue weighted by molar-refractivity contribution is 6.00. The molecule has 2 aromatic carbocycles. The minimum atomic E-state index is 1.02. The molecule has 102 valence electrons. The average molecular weight is 264 g/mol. The Morgan fingerprint density at radius 2 is 1.80 bits per heavy atom. The molecule has 20 heavy (non-hydrogen) atoms. The average Bonchev–Trinajstić information content (AvgIpc) is 2.44. The molecule has 1 N–H and O–H groups in total. The lowest BCUT2D eigenvalue weighted by atomic mass is 10.1. The maximum absolute atomic E-state index is 4.74. The van der Waals surface area contributed by atoms with Crippen LogP contribution in [0.25, 0.3) is 0 Å². The summed E-state index contributed by atoms with van der Waals surface area (Å²) >= 11 is 0. The van der Waals surface area contributed by atoms with Crippen molar-refractivity contribution in [3.63, 3.8) is 0 Å². The second-order valence-electron chi connectivity index (χ2n) is 4.91. The number of nitrogens with one attached hydrogen (secondary N) is 1. The second kappa shape index (κ2) is 6.20. The van der Waals surface area contributed by atoms with Crippen molar-refractivity contribution in [2.45, 2.75) is 20.8 Å². The molecule has 2 heteroatoms. The topological polar surface area (TPSA) is 24.4 Å². The Balaban J connectivity index is 2.29. The quantitative estimate of drug-likeness (QED) is 0.772. The molecule has 0 spiro atoms. The van der Waals surface area contributed by atoms with Gasteiger partial charge in [0.25, 0.3) is 0 Å². The third-order valence-electron chi connectivity index (χ3n) is 3.22. The molecule has 0 saturated carbocycles. The number of anilines is 1. The molecule has 0 amide bonds. The van der Waals surface area contributed by atoms with E-state index in [0.717, 1.165) is 22.6 Å². The van der Waals surface area contributed by atoms with Crippen molar-refractivity contribution >= 4 is 17.1 Å². The summed E-state index contributed by atoms with van der Waals surface area (Å²) in [7, 11) is 0. The molecule has 0 aliphatic rings. The number of rotatable bonds is 4. The molecule has 0 fully saturated rings. The lowest BCUT2D eigenvalue weighted by Crippen LogP contribution is -1.95. The van der Waals surface area contributed by atoms with Crippen LogP contribution in [-0.2, 0) is 0 Å². The van der Waals surface area contributed by atoms with Crippen LogP contribution in [-0.4, -0.2) is 5.71 Å². The summed E-state index contributed by atoms with van der Waals surface area (Å²) in [6, 6.07) is 14.5. The Morgan fingerprint density at radius 1 is 1.10 bits per heavy atom. The number of benzene rings is 2. The van der Waals surface area contributed by atoms with Crippen LogP contribution in [0.3, 0.4) is 0 Å². The first kappa shape index (κ1) is 14.1. The zero-order valence-corrected chi connectivity index (χ0v) is 12.3. The monoisotopic (exact) mass is 264 g/mol. The van der Waals surface area contributed by atoms with Crippen LogP contribution in [0.2, 0.25) is 0 Å². The molecule has 0 atom stereocenters. The highest BCUT2D eigenvalue weighted by Gasteiger charge is 2.01. The second-order valence-corrected chi connectivity index (χ2v) is 4.91. The predicted molar refractivity (Wildman–Crippen MR) is 88.0 cm³/mol. The van der Waals surface area contributed by atoms with Crippen molar-refractivity contribution in [2.24, 2.45) is 4.99 Å². The zero-order chi connectivity index (χ0) is 14.5. The van der Waals surface area contributed by atoms with E-state index in [-0.39, 0.29) is 0 Å². The van der Waals surface area contributed by atoms with E-state index in [1.165, 1.54) is 11.1 Å². The van der Waals surface area contributed by atoms with Crippen molar-refractivity contribution in [3.05, 3.63) is 71.9 Å². The summed E-state index contributed by atoms with van der Waals surface area (Å²) in [6.45, 7) is 9.86. The van der Waals surface area contributed by atoms with E-state index in [4.69, 9.17) is 4.99 Å². The Morgan fingerprint density at radius 3 is 2.45 bits per heavy atom. The molecule has 0 aromatic heterocycles. The smallest absolute Gasteiger partial charge is 0.0664 e. The fraction of sp³-hybridized carbons (Fsp3) is 0.167. The number of nitrogens with zero attached hydrogens (tertiary/aromatic N) is 1. The molecule has 2 aromatic rings. The summed E-state index contributed by atoms with van der Waals surface area (Å²) in [5.74, 6) is 0. The zero-order valence-electron chi connectivity index (χ0n) is 12.3. The van der Waals surface area contributed by atoms with Gasteiger partial charge in [-0.2, -0.15) is 0 Å². The predicted octanol–water partition coefficient (Wildman–Crippen LogP) is 5.00. The van der Waals surface area contributed by atoms with Crippen molar-refractivity contribution in [3.8, 4) is 0 Å². The number of hydrogen-bond acceptors (Lipinski definition) is 2. The van der Waals surface area contributed by atoms with E-state index in [9.17, 15) is 0 Å². The first-order chi connectivity index (χ1) is 9.60. The van der Waals surface area contributed by atoms with Gasteiger partial charge >= 0.3 is 0 Å². The minimum absolute atomic E-state index is 1.02. The molecule has 0 aliphatic heterocycles. The van der Waals surface area contributed by atoms with Crippen molar-refractivity contribution in [1.29, 1.82) is 0 Å². The lowest BCUT2D eigenvalue weighted by Gasteiger charge is -2.06. The molecule has 2 rings (SSSR count). The van der Waals surface area contributed by atoms with Gasteiger partial charge in [0.15, 0.2) is 0 Å². The highest BCUT2D eigenvalue weighted by atomic mass is 14.8. The van der Waals surface area contributed by atoms with Crippen LogP contribution >= 0.6 is 0 Å². The van der Waals surface area contributed by atoms with Gasteiger partial charge in [0, 0.05) is 11.4 Å². The minimum Gasteiger partial charge on any atom is -0.362 e. The van der Waals surface area contributed by atoms with Crippen LogP contribution in [0.4, 0.5) is 11.4 Å². The first-order valence-corrected chi connectivity index (χ1v) is 6.70. The summed E-state index contributed by atoms with van der Waals surface area (Å²) in [6.07, 6.45) is 1.67. The van der Waals surface area contributed by atoms with E-state index in [2.05, 4.69) is 56.1 Å². The fourth-order valence-electron chi connectivity index (χ4n) is 2.01. The van der Waals surface area contributed by atoms with Gasteiger partial charge < -0.3 is 5.32 Å². The number of hydrogen-bond donors (Lipinski definition) is 1. The molecule has 0 heterocycles. The van der Waals surface area contributed by atoms with E-state index >= 15 is 0 Å². The van der Waals surface area contributed by atoms with Gasteiger partial charge in [-0.15, -0.1) is 0 Å². The Hall–Kier alpha value is -2.35. The Kier molecular flexibility index (Phi) is 4.36. The fourth-order valence-corrected chi connectivity index (χ4v) is 2.01. The molecule has 0 bridgehead atoms. The summed E-state index contributed by atoms with van der Waals surface area (Å²) in [5.41, 5.74) is 6.64. The van der Waals surface area contributed by atoms with Crippen LogP contribution in [0, 0.1) is 13.8 Å². The van der Waals surface area contributed by atoms with Crippen molar-refractivity contribution in [1.82, 2.24) is 0 Å². The molecular weight excluding hydrogens is 244 g/mol. The molecule has 2 nitrogen and oxygen atoms in total. The summed E-state index contributed by atoms with van der Waals surface area (Å²) in [4.78, 5) is 4.74. The lowest BCUT2D eigenvalue weighted by molar-refractivity contribution is 1.34. The van der Waals surface area contributed by atoms with Gasteiger partial charge in [-0.25, -0.2) is 0 Å². The SMILES string of the molecule is C=CNc1ccc(C(C)=Nc2cc(C)ccc2C)cc1. The number of aryl methyl sites for hydroxylation is 2. The number of aliphatic imine (C=N–C) groups is 1. The molecule has 0 aliphatic carbocycles. The van der Waals surface area contributed by atoms with Crippen LogP contribution in [0.5, 0.6) is 0 Å². The standard InChI is InChI=1S/C18H20N2/c1-5-19-17-10-8-16(9-11-17)15(4)20-18-12-13(2)6-7-14(18)3/h5-12,19H,1H2,2-4H3. The van der Waals surface area contributed by atoms with Crippen LogP contribution in [0.15, 0.2) is 60.2 Å². The van der Waals surface area contributed by atoms with Gasteiger partial charge in [-0.05, 0) is 61.9 Å². The van der Waals surface area contributed by atoms with E-state index < -0.39 is 0 Å². The van der Waals surface area contributed by atoms with Crippen LogP contribution in [0.1, 0.15) is 23.6 Å². The van der Waals surface area contributed by atoms with Gasteiger partial charge in [-0.1, -0.05) is 30.8 Å². The van der Waals surface area contributed by atoms with E-state index in [0.29, 0.717) is 0 Å². The normalized spacial score (nSPS) is 11.2. The van der Waals surface area contributed by atoms with Gasteiger partial charge in [-0.3, -0.25) is 4.99 Å². The Bertz CT molecular complexity index is 637. The summed E-state index contributed by atoms with van der Waals surface area (Å²) in [5, 5.41) is 3.06. The van der Waals surface area contributed by atoms with E-state index in [1.807, 2.05) is 19.1 Å². The van der Waals surface area contributed by atoms with Crippen LogP contribution < -0.4 is 5.32 Å². The third kappa shape index (κ3) is 3.35. The maximum Gasteiger partial charge on any atom is 0.0664 e. The maximum atomic E-state index is 4.74. The van der Waals surface area contributed by atoms with Crippen molar-refractivity contribution in [2.75, 3.05) is 5.32 Å². The largest absolute Gasteiger partial charge is 0.362 e. The van der Waals surface area contributed by atoms with Crippen molar-refractivity contribution < 1.29 is 0 Å². The van der Waals surface area contributed by atoms with Gasteiger partial charge in [0.1, 0.15) is 0 Å². The van der Waals surface area contributed by atoms with E-state index in [1.54, 1.807) is 6.20 Å². The third-order valence-corrected chi connectivity index (χ3v) is 3.22.